The molecule has 0 aromatic rings. The maximum absolute atomic E-state index is 13.1. The second kappa shape index (κ2) is 68.8. The van der Waals surface area contributed by atoms with Crippen LogP contribution < -0.4 is 0 Å². The third-order valence-corrected chi connectivity index (χ3v) is 18.5. The van der Waals surface area contributed by atoms with Gasteiger partial charge >= 0.3 is 39.5 Å². The van der Waals surface area contributed by atoms with Gasteiger partial charge in [0.25, 0.3) is 0 Å². The Balaban J connectivity index is 5.31. The molecule has 0 aliphatic carbocycles. The minimum Gasteiger partial charge on any atom is -0.462 e. The molecule has 0 saturated carbocycles. The second-order valence-electron chi connectivity index (χ2n) is 25.9. The number of hydrogen-bond donors (Lipinski definition) is 3. The number of esters is 4. The van der Waals surface area contributed by atoms with Crippen LogP contribution in [0, 0.1) is 0 Å². The second-order valence-corrected chi connectivity index (χ2v) is 28.9. The van der Waals surface area contributed by atoms with E-state index in [2.05, 4.69) is 64.2 Å². The number of rotatable bonds is 73. The van der Waals surface area contributed by atoms with Crippen LogP contribution in [0.2, 0.25) is 0 Å². The zero-order valence-electron chi connectivity index (χ0n) is 60.2. The van der Waals surface area contributed by atoms with Gasteiger partial charge in [-0.25, -0.2) is 9.13 Å². The van der Waals surface area contributed by atoms with E-state index in [1.54, 1.807) is 0 Å². The Bertz CT molecular complexity index is 1930. The van der Waals surface area contributed by atoms with Crippen molar-refractivity contribution in [3.8, 4) is 0 Å². The van der Waals surface area contributed by atoms with Crippen LogP contribution in [-0.2, 0) is 65.4 Å². The standard InChI is InChI=1S/C75H140O17P2/c1-5-9-13-17-21-25-29-33-34-38-42-46-50-54-58-62-75(80)92-71(66-86-73(78)60-56-52-48-44-40-36-31-27-23-19-15-11-7-3)68-90-94(83,84)88-64-69(76)63-87-93(81,82)89-67-70(91-74(79)61-57-53-49-45-41-37-32-28-24-20-16-12-8-4)65-85-72(77)59-55-51-47-43-39-35-30-26-22-18-14-10-6-2/h26,28,30,32-34,69-71,76H,5-25,27,29,31,35-68H2,1-4H3,(H,81,82)(H,83,84)/b30-26-,32-28-,34-33-/t69-,70-,71-/m1/s1. The molecule has 0 spiro atoms. The molecule has 19 heteroatoms. The summed E-state index contributed by atoms with van der Waals surface area (Å²) in [5.41, 5.74) is 0. The van der Waals surface area contributed by atoms with Crippen LogP contribution in [0.25, 0.3) is 0 Å². The van der Waals surface area contributed by atoms with E-state index in [-0.39, 0.29) is 25.7 Å². The van der Waals surface area contributed by atoms with E-state index >= 15 is 0 Å². The number of allylic oxidation sites excluding steroid dienone is 6. The Morgan fingerprint density at radius 3 is 0.745 bits per heavy atom. The van der Waals surface area contributed by atoms with Crippen LogP contribution in [0.5, 0.6) is 0 Å². The number of unbranched alkanes of at least 4 members (excludes halogenated alkanes) is 41. The molecule has 0 bridgehead atoms. The molecule has 0 aliphatic rings. The van der Waals surface area contributed by atoms with Crippen LogP contribution in [0.3, 0.4) is 0 Å². The van der Waals surface area contributed by atoms with Gasteiger partial charge in [0.15, 0.2) is 12.2 Å². The van der Waals surface area contributed by atoms with E-state index in [0.717, 1.165) is 135 Å². The average molecular weight is 1380 g/mol. The lowest BCUT2D eigenvalue weighted by atomic mass is 10.0. The van der Waals surface area contributed by atoms with Gasteiger partial charge in [0.05, 0.1) is 26.4 Å². The molecule has 0 aliphatic heterocycles. The molecular formula is C75H140O17P2. The summed E-state index contributed by atoms with van der Waals surface area (Å²) in [6.07, 6.45) is 62.7. The topological polar surface area (TPSA) is 237 Å². The van der Waals surface area contributed by atoms with Crippen molar-refractivity contribution in [2.45, 2.75) is 380 Å². The average Bonchev–Trinajstić information content (AvgIpc) is 2.42. The van der Waals surface area contributed by atoms with Crippen molar-refractivity contribution in [2.24, 2.45) is 0 Å². The third-order valence-electron chi connectivity index (χ3n) is 16.6. The lowest BCUT2D eigenvalue weighted by Gasteiger charge is -2.21. The molecule has 0 amide bonds. The summed E-state index contributed by atoms with van der Waals surface area (Å²) in [5, 5.41) is 10.6. The lowest BCUT2D eigenvalue weighted by Crippen LogP contribution is -2.30. The maximum atomic E-state index is 13.1. The predicted molar refractivity (Wildman–Crippen MR) is 381 cm³/mol. The molecule has 5 atom stereocenters. The van der Waals surface area contributed by atoms with Crippen LogP contribution in [0.4, 0.5) is 0 Å². The molecular weight excluding hydrogens is 1230 g/mol. The normalized spacial score (nSPS) is 14.2. The van der Waals surface area contributed by atoms with Gasteiger partial charge in [-0.3, -0.25) is 37.3 Å². The molecule has 0 radical (unpaired) electrons. The van der Waals surface area contributed by atoms with Gasteiger partial charge in [0, 0.05) is 25.7 Å². The summed E-state index contributed by atoms with van der Waals surface area (Å²) < 4.78 is 68.4. The van der Waals surface area contributed by atoms with E-state index in [1.165, 1.54) is 148 Å². The first kappa shape index (κ1) is 91.3. The minimum absolute atomic E-state index is 0.0890. The van der Waals surface area contributed by atoms with Crippen LogP contribution in [0.1, 0.15) is 362 Å². The van der Waals surface area contributed by atoms with E-state index in [0.29, 0.717) is 25.7 Å². The number of phosphoric acid groups is 2. The van der Waals surface area contributed by atoms with Crippen molar-refractivity contribution in [1.82, 2.24) is 0 Å². The molecule has 0 aromatic carbocycles. The van der Waals surface area contributed by atoms with Crippen molar-refractivity contribution in [2.75, 3.05) is 39.6 Å². The van der Waals surface area contributed by atoms with E-state index in [1.807, 2.05) is 0 Å². The molecule has 0 heterocycles. The van der Waals surface area contributed by atoms with Gasteiger partial charge in [-0.05, 0) is 103 Å². The van der Waals surface area contributed by atoms with Gasteiger partial charge in [0.2, 0.25) is 0 Å². The number of aliphatic hydroxyl groups excluding tert-OH is 1. The Morgan fingerprint density at radius 1 is 0.287 bits per heavy atom. The number of aliphatic hydroxyl groups is 1. The van der Waals surface area contributed by atoms with Gasteiger partial charge in [-0.2, -0.15) is 0 Å². The highest BCUT2D eigenvalue weighted by atomic mass is 31.2. The zero-order valence-corrected chi connectivity index (χ0v) is 61.9. The Kier molecular flexibility index (Phi) is 66.8. The monoisotopic (exact) mass is 1370 g/mol. The molecule has 94 heavy (non-hydrogen) atoms. The minimum atomic E-state index is -4.96. The molecule has 3 N–H and O–H groups in total. The fraction of sp³-hybridized carbons (Fsp3) is 0.867. The summed E-state index contributed by atoms with van der Waals surface area (Å²) in [6.45, 7) is 4.88. The quantitative estimate of drug-likeness (QED) is 0.0169. The summed E-state index contributed by atoms with van der Waals surface area (Å²) in [7, 11) is -9.93. The highest BCUT2D eigenvalue weighted by Crippen LogP contribution is 2.45. The molecule has 0 fully saturated rings. The van der Waals surface area contributed by atoms with E-state index in [9.17, 15) is 43.2 Å². The van der Waals surface area contributed by atoms with Crippen molar-refractivity contribution >= 4 is 39.5 Å². The molecule has 17 nitrogen and oxygen atoms in total. The molecule has 2 unspecified atom stereocenters. The van der Waals surface area contributed by atoms with Crippen molar-refractivity contribution in [3.63, 3.8) is 0 Å². The Labute approximate surface area is 573 Å². The highest BCUT2D eigenvalue weighted by molar-refractivity contribution is 7.47. The van der Waals surface area contributed by atoms with Crippen molar-refractivity contribution in [3.05, 3.63) is 36.5 Å². The molecule has 552 valence electrons. The van der Waals surface area contributed by atoms with Crippen LogP contribution >= 0.6 is 15.6 Å². The highest BCUT2D eigenvalue weighted by Gasteiger charge is 2.30. The van der Waals surface area contributed by atoms with Gasteiger partial charge < -0.3 is 33.8 Å². The fourth-order valence-electron chi connectivity index (χ4n) is 10.7. The first-order chi connectivity index (χ1) is 45.7. The largest absolute Gasteiger partial charge is 0.472 e. The Morgan fingerprint density at radius 2 is 0.489 bits per heavy atom. The molecule has 0 aromatic heterocycles. The molecule has 0 saturated heterocycles. The SMILES string of the molecule is CCCCCC/C=C\CCCCCCCC(=O)OC[C@H](COP(=O)(O)OC[C@@H](O)COP(=O)(O)OC[C@@H](COC(=O)CCCCCCCCCCCCCCC)OC(=O)CCCCCCC/C=C\CCCCCCCC)OC(=O)CCCCCCC/C=C\CCCCCC. The fourth-order valence-corrected chi connectivity index (χ4v) is 12.3. The summed E-state index contributed by atoms with van der Waals surface area (Å²) in [5.74, 6) is -2.16. The number of hydrogen-bond acceptors (Lipinski definition) is 15. The zero-order chi connectivity index (χ0) is 69.0. The lowest BCUT2D eigenvalue weighted by molar-refractivity contribution is -0.161. The van der Waals surface area contributed by atoms with Gasteiger partial charge in [-0.15, -0.1) is 0 Å². The van der Waals surface area contributed by atoms with E-state index < -0.39 is 97.5 Å². The third kappa shape index (κ3) is 67.8. The Hall–Kier alpha value is -2.72. The predicted octanol–water partition coefficient (Wildman–Crippen LogP) is 21.6. The summed E-state index contributed by atoms with van der Waals surface area (Å²) in [6, 6.07) is 0. The van der Waals surface area contributed by atoms with Crippen LogP contribution in [0.15, 0.2) is 36.5 Å². The first-order valence-electron chi connectivity index (χ1n) is 38.2. The number of ether oxygens (including phenoxy) is 4. The number of carbonyl (C=O) groups excluding carboxylic acids is 4. The van der Waals surface area contributed by atoms with E-state index in [4.69, 9.17) is 37.0 Å². The summed E-state index contributed by atoms with van der Waals surface area (Å²) >= 11 is 0. The van der Waals surface area contributed by atoms with Crippen LogP contribution in [-0.4, -0.2) is 96.7 Å². The van der Waals surface area contributed by atoms with Crippen molar-refractivity contribution in [1.29, 1.82) is 0 Å². The van der Waals surface area contributed by atoms with Gasteiger partial charge in [0.1, 0.15) is 19.3 Å². The maximum Gasteiger partial charge on any atom is 0.472 e. The number of carbonyl (C=O) groups is 4. The summed E-state index contributed by atoms with van der Waals surface area (Å²) in [4.78, 5) is 72.7. The number of phosphoric ester groups is 2. The van der Waals surface area contributed by atoms with Crippen molar-refractivity contribution < 1.29 is 80.2 Å². The first-order valence-corrected chi connectivity index (χ1v) is 41.2. The smallest absolute Gasteiger partial charge is 0.462 e. The molecule has 0 rings (SSSR count). The van der Waals surface area contributed by atoms with Gasteiger partial charge in [-0.1, -0.05) is 270 Å².